The molecule has 0 fully saturated rings. The van der Waals surface area contributed by atoms with Crippen LogP contribution >= 0.6 is 0 Å². The van der Waals surface area contributed by atoms with E-state index in [1.807, 2.05) is 25.1 Å². The Kier molecular flexibility index (Phi) is 5.14. The Morgan fingerprint density at radius 1 is 1.05 bits per heavy atom. The van der Waals surface area contributed by atoms with Crippen LogP contribution in [-0.2, 0) is 0 Å². The molecule has 2 rings (SSSR count). The predicted octanol–water partition coefficient (Wildman–Crippen LogP) is 3.93. The molecule has 0 aliphatic carbocycles. The SMILES string of the molecule is CCOc1ccc(C(C)=O)cc1NC(=O)Nc1ccccc1. The number of ether oxygens (including phenoxy) is 1. The van der Waals surface area contributed by atoms with E-state index < -0.39 is 6.03 Å². The Labute approximate surface area is 129 Å². The summed E-state index contributed by atoms with van der Waals surface area (Å²) in [7, 11) is 0. The minimum absolute atomic E-state index is 0.0745. The van der Waals surface area contributed by atoms with E-state index >= 15 is 0 Å². The molecule has 0 unspecified atom stereocenters. The fraction of sp³-hybridized carbons (Fsp3) is 0.176. The first-order chi connectivity index (χ1) is 10.6. The summed E-state index contributed by atoms with van der Waals surface area (Å²) in [6, 6.07) is 13.7. The fourth-order valence-corrected chi connectivity index (χ4v) is 1.93. The highest BCUT2D eigenvalue weighted by molar-refractivity contribution is 6.02. The van der Waals surface area contributed by atoms with Gasteiger partial charge in [-0.1, -0.05) is 18.2 Å². The van der Waals surface area contributed by atoms with Crippen LogP contribution in [0.2, 0.25) is 0 Å². The van der Waals surface area contributed by atoms with Gasteiger partial charge in [0.15, 0.2) is 5.78 Å². The molecular formula is C17H18N2O3. The lowest BCUT2D eigenvalue weighted by Crippen LogP contribution is -2.20. The third kappa shape index (κ3) is 4.09. The van der Waals surface area contributed by atoms with Crippen molar-refractivity contribution in [1.82, 2.24) is 0 Å². The van der Waals surface area contributed by atoms with Crippen molar-refractivity contribution in [3.8, 4) is 5.75 Å². The first-order valence-corrected chi connectivity index (χ1v) is 7.01. The number of ketones is 1. The van der Waals surface area contributed by atoms with Crippen molar-refractivity contribution in [1.29, 1.82) is 0 Å². The van der Waals surface area contributed by atoms with E-state index in [0.717, 1.165) is 0 Å². The van der Waals surface area contributed by atoms with E-state index in [0.29, 0.717) is 29.3 Å². The predicted molar refractivity (Wildman–Crippen MR) is 86.7 cm³/mol. The Bertz CT molecular complexity index is 669. The Hall–Kier alpha value is -2.82. The first kappa shape index (κ1) is 15.6. The van der Waals surface area contributed by atoms with E-state index in [2.05, 4.69) is 10.6 Å². The van der Waals surface area contributed by atoms with Crippen LogP contribution in [0.15, 0.2) is 48.5 Å². The molecule has 0 radical (unpaired) electrons. The second kappa shape index (κ2) is 7.26. The molecule has 5 heteroatoms. The van der Waals surface area contributed by atoms with Crippen LogP contribution in [-0.4, -0.2) is 18.4 Å². The lowest BCUT2D eigenvalue weighted by atomic mass is 10.1. The molecule has 2 aromatic carbocycles. The average Bonchev–Trinajstić information content (AvgIpc) is 2.50. The van der Waals surface area contributed by atoms with Gasteiger partial charge in [0.25, 0.3) is 0 Å². The third-order valence-corrected chi connectivity index (χ3v) is 2.97. The number of benzene rings is 2. The number of carbonyl (C=O) groups excluding carboxylic acids is 2. The summed E-state index contributed by atoms with van der Waals surface area (Å²) in [5.74, 6) is 0.449. The van der Waals surface area contributed by atoms with Crippen molar-refractivity contribution in [3.63, 3.8) is 0 Å². The number of rotatable bonds is 5. The molecule has 0 atom stereocenters. The number of carbonyl (C=O) groups is 2. The van der Waals surface area contributed by atoms with Crippen molar-refractivity contribution in [2.45, 2.75) is 13.8 Å². The number of urea groups is 1. The van der Waals surface area contributed by atoms with E-state index in [4.69, 9.17) is 4.74 Å². The van der Waals surface area contributed by atoms with Crippen LogP contribution in [0, 0.1) is 0 Å². The van der Waals surface area contributed by atoms with Gasteiger partial charge in [0, 0.05) is 11.3 Å². The van der Waals surface area contributed by atoms with Crippen LogP contribution < -0.4 is 15.4 Å². The van der Waals surface area contributed by atoms with Gasteiger partial charge in [-0.3, -0.25) is 4.79 Å². The van der Waals surface area contributed by atoms with Crippen LogP contribution in [0.3, 0.4) is 0 Å². The van der Waals surface area contributed by atoms with Gasteiger partial charge in [-0.15, -0.1) is 0 Å². The molecule has 22 heavy (non-hydrogen) atoms. The topological polar surface area (TPSA) is 67.4 Å². The lowest BCUT2D eigenvalue weighted by molar-refractivity contribution is 0.101. The molecule has 0 heterocycles. The molecule has 0 saturated heterocycles. The second-order valence-electron chi connectivity index (χ2n) is 4.65. The van der Waals surface area contributed by atoms with Crippen LogP contribution in [0.1, 0.15) is 24.2 Å². The number of para-hydroxylation sites is 1. The van der Waals surface area contributed by atoms with Crippen LogP contribution in [0.25, 0.3) is 0 Å². The first-order valence-electron chi connectivity index (χ1n) is 7.01. The molecule has 5 nitrogen and oxygen atoms in total. The van der Waals surface area contributed by atoms with Crippen molar-refractivity contribution in [2.75, 3.05) is 17.2 Å². The molecule has 0 aliphatic heterocycles. The summed E-state index contributed by atoms with van der Waals surface area (Å²) in [5.41, 5.74) is 1.65. The second-order valence-corrected chi connectivity index (χ2v) is 4.65. The summed E-state index contributed by atoms with van der Waals surface area (Å²) >= 11 is 0. The number of hydrogen-bond donors (Lipinski definition) is 2. The van der Waals surface area contributed by atoms with E-state index in [1.165, 1.54) is 6.92 Å². The van der Waals surface area contributed by atoms with Crippen molar-refractivity contribution < 1.29 is 14.3 Å². The van der Waals surface area contributed by atoms with E-state index in [9.17, 15) is 9.59 Å². The standard InChI is InChI=1S/C17H18N2O3/c1-3-22-16-10-9-13(12(2)20)11-15(16)19-17(21)18-14-7-5-4-6-8-14/h4-11H,3H2,1-2H3,(H2,18,19,21). The number of nitrogens with one attached hydrogen (secondary N) is 2. The summed E-state index contributed by atoms with van der Waals surface area (Å²) in [4.78, 5) is 23.5. The van der Waals surface area contributed by atoms with Crippen molar-refractivity contribution >= 4 is 23.2 Å². The Morgan fingerprint density at radius 2 is 1.77 bits per heavy atom. The van der Waals surface area contributed by atoms with Gasteiger partial charge in [-0.2, -0.15) is 0 Å². The maximum absolute atomic E-state index is 12.1. The van der Waals surface area contributed by atoms with Crippen molar-refractivity contribution in [3.05, 3.63) is 54.1 Å². The maximum atomic E-state index is 12.1. The molecule has 2 amide bonds. The average molecular weight is 298 g/mol. The molecule has 2 aromatic rings. The lowest BCUT2D eigenvalue weighted by Gasteiger charge is -2.13. The summed E-state index contributed by atoms with van der Waals surface area (Å²) in [5, 5.41) is 5.43. The fourth-order valence-electron chi connectivity index (χ4n) is 1.93. The smallest absolute Gasteiger partial charge is 0.323 e. The van der Waals surface area contributed by atoms with Gasteiger partial charge in [0.1, 0.15) is 5.75 Å². The summed E-state index contributed by atoms with van der Waals surface area (Å²) in [6.07, 6.45) is 0. The van der Waals surface area contributed by atoms with Gasteiger partial charge in [0.2, 0.25) is 0 Å². The molecule has 114 valence electrons. The molecule has 0 aromatic heterocycles. The quantitative estimate of drug-likeness (QED) is 0.822. The minimum atomic E-state index is -0.396. The summed E-state index contributed by atoms with van der Waals surface area (Å²) < 4.78 is 5.47. The zero-order valence-electron chi connectivity index (χ0n) is 12.6. The zero-order valence-corrected chi connectivity index (χ0v) is 12.6. The number of Topliss-reactive ketones (excluding diaryl/α,β-unsaturated/α-hetero) is 1. The number of anilines is 2. The monoisotopic (exact) mass is 298 g/mol. The van der Waals surface area contributed by atoms with Crippen LogP contribution in [0.5, 0.6) is 5.75 Å². The van der Waals surface area contributed by atoms with Crippen LogP contribution in [0.4, 0.5) is 16.2 Å². The minimum Gasteiger partial charge on any atom is -0.492 e. The Morgan fingerprint density at radius 3 is 2.41 bits per heavy atom. The number of hydrogen-bond acceptors (Lipinski definition) is 3. The Balaban J connectivity index is 2.17. The maximum Gasteiger partial charge on any atom is 0.323 e. The molecule has 2 N–H and O–H groups in total. The number of amides is 2. The van der Waals surface area contributed by atoms with Gasteiger partial charge >= 0.3 is 6.03 Å². The van der Waals surface area contributed by atoms with Gasteiger partial charge < -0.3 is 15.4 Å². The largest absolute Gasteiger partial charge is 0.492 e. The van der Waals surface area contributed by atoms with E-state index in [1.54, 1.807) is 30.3 Å². The highest BCUT2D eigenvalue weighted by Gasteiger charge is 2.11. The summed E-state index contributed by atoms with van der Waals surface area (Å²) in [6.45, 7) is 3.80. The van der Waals surface area contributed by atoms with Gasteiger partial charge in [-0.25, -0.2) is 4.79 Å². The third-order valence-electron chi connectivity index (χ3n) is 2.97. The van der Waals surface area contributed by atoms with E-state index in [-0.39, 0.29) is 5.78 Å². The molecular weight excluding hydrogens is 280 g/mol. The highest BCUT2D eigenvalue weighted by Crippen LogP contribution is 2.26. The normalized spacial score (nSPS) is 9.91. The van der Waals surface area contributed by atoms with Crippen molar-refractivity contribution in [2.24, 2.45) is 0 Å². The molecule has 0 bridgehead atoms. The molecule has 0 saturated carbocycles. The zero-order chi connectivity index (χ0) is 15.9. The molecule has 0 aliphatic rings. The molecule has 0 spiro atoms. The highest BCUT2D eigenvalue weighted by atomic mass is 16.5. The van der Waals surface area contributed by atoms with Gasteiger partial charge in [0.05, 0.1) is 12.3 Å². The van der Waals surface area contributed by atoms with Gasteiger partial charge in [-0.05, 0) is 44.2 Å².